The summed E-state index contributed by atoms with van der Waals surface area (Å²) in [6.07, 6.45) is 0. The molecule has 0 bridgehead atoms. The average molecular weight is 178 g/mol. The molecule has 3 nitrogen and oxygen atoms in total. The van der Waals surface area contributed by atoms with Crippen molar-refractivity contribution in [3.8, 4) is 0 Å². The third-order valence-electron chi connectivity index (χ3n) is 0.526. The van der Waals surface area contributed by atoms with Crippen molar-refractivity contribution in [1.82, 2.24) is 0 Å². The van der Waals surface area contributed by atoms with Crippen molar-refractivity contribution >= 4 is 10.1 Å². The SMILES string of the molecule is CC(F)(F)CS(=O)(=O)OF. The molecule has 0 aliphatic carbocycles. The molecule has 10 heavy (non-hydrogen) atoms. The smallest absolute Gasteiger partial charge is 0.206 e. The molecule has 0 saturated carbocycles. The van der Waals surface area contributed by atoms with Crippen LogP contribution in [0.2, 0.25) is 0 Å². The van der Waals surface area contributed by atoms with E-state index in [2.05, 4.69) is 4.39 Å². The Kier molecular flexibility index (Phi) is 2.67. The summed E-state index contributed by atoms with van der Waals surface area (Å²) in [5.74, 6) is -5.11. The van der Waals surface area contributed by atoms with E-state index in [-0.39, 0.29) is 0 Å². The van der Waals surface area contributed by atoms with Crippen LogP contribution < -0.4 is 0 Å². The van der Waals surface area contributed by atoms with Crippen LogP contribution in [0.5, 0.6) is 0 Å². The standard InChI is InChI=1S/C3H5F3O3S/c1-3(4,5)2-10(7,8)9-6/h2H2,1H3. The van der Waals surface area contributed by atoms with Gasteiger partial charge in [0.1, 0.15) is 5.75 Å². The highest BCUT2D eigenvalue weighted by Gasteiger charge is 2.31. The highest BCUT2D eigenvalue weighted by molar-refractivity contribution is 7.86. The van der Waals surface area contributed by atoms with Gasteiger partial charge in [0.05, 0.1) is 0 Å². The molecule has 0 radical (unpaired) electrons. The summed E-state index contributed by atoms with van der Waals surface area (Å²) in [4.78, 5) is 0. The highest BCUT2D eigenvalue weighted by atomic mass is 32.2. The molecule has 0 heterocycles. The Hall–Kier alpha value is -0.300. The third kappa shape index (κ3) is 4.57. The molecule has 0 rings (SSSR count). The Morgan fingerprint density at radius 1 is 1.50 bits per heavy atom. The second-order valence-corrected chi connectivity index (χ2v) is 3.37. The quantitative estimate of drug-likeness (QED) is 0.644. The van der Waals surface area contributed by atoms with Crippen LogP contribution in [0.25, 0.3) is 0 Å². The van der Waals surface area contributed by atoms with E-state index in [1.54, 1.807) is 0 Å². The molecule has 0 atom stereocenters. The zero-order chi connectivity index (χ0) is 8.41. The van der Waals surface area contributed by atoms with E-state index in [0.717, 1.165) is 0 Å². The fraction of sp³-hybridized carbons (Fsp3) is 1.00. The zero-order valence-electron chi connectivity index (χ0n) is 4.97. The Morgan fingerprint density at radius 2 is 1.90 bits per heavy atom. The van der Waals surface area contributed by atoms with E-state index in [9.17, 15) is 21.7 Å². The second-order valence-electron chi connectivity index (χ2n) is 1.84. The Labute approximate surface area is 55.8 Å². The van der Waals surface area contributed by atoms with Gasteiger partial charge in [0.15, 0.2) is 0 Å². The molecule has 62 valence electrons. The molecule has 0 unspecified atom stereocenters. The van der Waals surface area contributed by atoms with Gasteiger partial charge in [0.2, 0.25) is 0 Å². The fourth-order valence-electron chi connectivity index (χ4n) is 0.333. The summed E-state index contributed by atoms with van der Waals surface area (Å²) in [6.45, 7) is 0.351. The van der Waals surface area contributed by atoms with Gasteiger partial charge in [-0.1, -0.05) is 4.39 Å². The maximum absolute atomic E-state index is 11.8. The number of hydrogen-bond donors (Lipinski definition) is 0. The minimum atomic E-state index is -4.69. The topological polar surface area (TPSA) is 43.4 Å². The number of rotatable bonds is 3. The Bertz CT molecular complexity index is 192. The van der Waals surface area contributed by atoms with Crippen LogP contribution in [-0.4, -0.2) is 20.1 Å². The lowest BCUT2D eigenvalue weighted by atomic mass is 10.5. The summed E-state index contributed by atoms with van der Waals surface area (Å²) < 4.78 is 56.6. The number of halogens is 3. The molecule has 0 aliphatic heterocycles. The first-order valence-corrected chi connectivity index (χ1v) is 3.75. The molecule has 0 aromatic carbocycles. The van der Waals surface area contributed by atoms with E-state index in [4.69, 9.17) is 0 Å². The lowest BCUT2D eigenvalue weighted by Crippen LogP contribution is -2.24. The minimum Gasteiger partial charge on any atom is -0.206 e. The van der Waals surface area contributed by atoms with Crippen molar-refractivity contribution in [2.24, 2.45) is 0 Å². The van der Waals surface area contributed by atoms with Gasteiger partial charge in [0, 0.05) is 6.92 Å². The van der Waals surface area contributed by atoms with Gasteiger partial charge in [-0.2, -0.15) is 8.42 Å². The molecule has 0 spiro atoms. The monoisotopic (exact) mass is 178 g/mol. The molecule has 0 saturated heterocycles. The summed E-state index contributed by atoms with van der Waals surface area (Å²) in [5, 5.41) is 0. The van der Waals surface area contributed by atoms with Crippen molar-refractivity contribution in [3.05, 3.63) is 0 Å². The van der Waals surface area contributed by atoms with Crippen molar-refractivity contribution in [3.63, 3.8) is 0 Å². The Balaban J connectivity index is 4.18. The van der Waals surface area contributed by atoms with Gasteiger partial charge >= 0.3 is 10.1 Å². The summed E-state index contributed by atoms with van der Waals surface area (Å²) in [5.41, 5.74) is 0. The molecular weight excluding hydrogens is 173 g/mol. The molecule has 0 fully saturated rings. The van der Waals surface area contributed by atoms with E-state index in [0.29, 0.717) is 6.92 Å². The first kappa shape index (κ1) is 9.70. The van der Waals surface area contributed by atoms with Crippen LogP contribution in [0, 0.1) is 0 Å². The number of hydrogen-bond acceptors (Lipinski definition) is 3. The Morgan fingerprint density at radius 3 is 2.00 bits per heavy atom. The maximum atomic E-state index is 11.8. The van der Waals surface area contributed by atoms with Gasteiger partial charge in [-0.15, -0.1) is 0 Å². The van der Waals surface area contributed by atoms with Crippen LogP contribution in [0.1, 0.15) is 6.92 Å². The lowest BCUT2D eigenvalue weighted by molar-refractivity contribution is -0.00800. The molecular formula is C3H5F3O3S. The lowest BCUT2D eigenvalue weighted by Gasteiger charge is -2.05. The van der Waals surface area contributed by atoms with Gasteiger partial charge in [0.25, 0.3) is 5.92 Å². The highest BCUT2D eigenvalue weighted by Crippen LogP contribution is 2.15. The van der Waals surface area contributed by atoms with Crippen molar-refractivity contribution in [1.29, 1.82) is 0 Å². The predicted octanol–water partition coefficient (Wildman–Crippen LogP) is 0.873. The first-order valence-electron chi connectivity index (χ1n) is 2.17. The van der Waals surface area contributed by atoms with Gasteiger partial charge < -0.3 is 0 Å². The molecule has 7 heteroatoms. The normalized spacial score (nSPS) is 13.6. The predicted molar refractivity (Wildman–Crippen MR) is 26.6 cm³/mol. The van der Waals surface area contributed by atoms with E-state index < -0.39 is 21.8 Å². The first-order chi connectivity index (χ1) is 4.27. The minimum absolute atomic E-state index is 0.351. The van der Waals surface area contributed by atoms with Crippen molar-refractivity contribution < 1.29 is 26.1 Å². The molecule has 0 N–H and O–H groups in total. The zero-order valence-corrected chi connectivity index (χ0v) is 5.79. The van der Waals surface area contributed by atoms with E-state index in [1.807, 2.05) is 0 Å². The molecule has 0 aromatic rings. The largest absolute Gasteiger partial charge is 0.303 e. The number of alkyl halides is 2. The summed E-state index contributed by atoms with van der Waals surface area (Å²) in [7, 11) is -4.69. The van der Waals surface area contributed by atoms with E-state index >= 15 is 0 Å². The summed E-state index contributed by atoms with van der Waals surface area (Å²) >= 11 is 0. The molecule has 0 aromatic heterocycles. The van der Waals surface area contributed by atoms with E-state index in [1.165, 1.54) is 0 Å². The van der Waals surface area contributed by atoms with Crippen LogP contribution in [0.15, 0.2) is 0 Å². The van der Waals surface area contributed by atoms with Crippen LogP contribution in [0.4, 0.5) is 13.3 Å². The molecule has 0 amide bonds. The third-order valence-corrected chi connectivity index (χ3v) is 1.58. The van der Waals surface area contributed by atoms with Crippen molar-refractivity contribution in [2.75, 3.05) is 5.75 Å². The summed E-state index contributed by atoms with van der Waals surface area (Å²) in [6, 6.07) is 0. The van der Waals surface area contributed by atoms with Crippen LogP contribution in [-0.2, 0) is 14.5 Å². The second kappa shape index (κ2) is 2.75. The van der Waals surface area contributed by atoms with Crippen LogP contribution >= 0.6 is 0 Å². The van der Waals surface area contributed by atoms with Gasteiger partial charge in [-0.3, -0.25) is 0 Å². The van der Waals surface area contributed by atoms with Crippen molar-refractivity contribution in [2.45, 2.75) is 12.8 Å². The fourth-order valence-corrected chi connectivity index (χ4v) is 0.998. The molecule has 0 aliphatic rings. The van der Waals surface area contributed by atoms with Gasteiger partial charge in [-0.25, -0.2) is 8.78 Å². The maximum Gasteiger partial charge on any atom is 0.303 e. The van der Waals surface area contributed by atoms with Crippen LogP contribution in [0.3, 0.4) is 0 Å². The van der Waals surface area contributed by atoms with Gasteiger partial charge in [-0.05, 0) is 4.53 Å². The average Bonchev–Trinajstić information content (AvgIpc) is 1.60.